The lowest BCUT2D eigenvalue weighted by Crippen LogP contribution is -2.45. The van der Waals surface area contributed by atoms with Crippen LogP contribution in [0.3, 0.4) is 0 Å². The van der Waals surface area contributed by atoms with Crippen LogP contribution < -0.4 is 10.6 Å². The molecule has 2 unspecified atom stereocenters. The summed E-state index contributed by atoms with van der Waals surface area (Å²) in [5.74, 6) is 0.0371. The Morgan fingerprint density at radius 1 is 1.30 bits per heavy atom. The Bertz CT molecular complexity index is 384. The number of rotatable bonds is 8. The van der Waals surface area contributed by atoms with Gasteiger partial charge in [0.2, 0.25) is 0 Å². The molecular formula is C15H24N2O3. The number of ether oxygens (including phenoxy) is 1. The van der Waals surface area contributed by atoms with E-state index in [1.165, 1.54) is 0 Å². The van der Waals surface area contributed by atoms with Gasteiger partial charge >= 0.3 is 6.03 Å². The summed E-state index contributed by atoms with van der Waals surface area (Å²) < 4.78 is 5.46. The molecule has 5 nitrogen and oxygen atoms in total. The molecule has 1 aromatic carbocycles. The summed E-state index contributed by atoms with van der Waals surface area (Å²) in [5, 5.41) is 14.5. The topological polar surface area (TPSA) is 70.6 Å². The molecule has 0 saturated carbocycles. The van der Waals surface area contributed by atoms with Gasteiger partial charge in [-0.05, 0) is 18.4 Å². The smallest absolute Gasteiger partial charge is 0.315 e. The number of carbonyl (C=O) groups excluding carboxylic acids is 1. The Morgan fingerprint density at radius 3 is 2.65 bits per heavy atom. The predicted molar refractivity (Wildman–Crippen MR) is 78.3 cm³/mol. The molecule has 1 rings (SSSR count). The van der Waals surface area contributed by atoms with Gasteiger partial charge in [-0.25, -0.2) is 4.79 Å². The number of carbonyl (C=O) groups is 1. The molecule has 0 aliphatic rings. The van der Waals surface area contributed by atoms with Crippen molar-refractivity contribution in [2.75, 3.05) is 19.8 Å². The minimum absolute atomic E-state index is 0.0371. The van der Waals surface area contributed by atoms with Crippen molar-refractivity contribution in [2.24, 2.45) is 5.92 Å². The first kappa shape index (κ1) is 16.5. The number of hydrogen-bond acceptors (Lipinski definition) is 3. The van der Waals surface area contributed by atoms with Gasteiger partial charge in [0.1, 0.15) is 0 Å². The second kappa shape index (κ2) is 9.34. The first-order valence-corrected chi connectivity index (χ1v) is 6.90. The van der Waals surface area contributed by atoms with Crippen molar-refractivity contribution in [3.05, 3.63) is 35.9 Å². The standard InChI is InChI=1S/C15H24N2O3/c1-12(10-18)13(2)17-15(19)16-8-9-20-11-14-6-4-3-5-7-14/h3-7,12-13,18H,8-11H2,1-2H3,(H2,16,17,19). The fraction of sp³-hybridized carbons (Fsp3) is 0.533. The molecule has 2 amide bonds. The summed E-state index contributed by atoms with van der Waals surface area (Å²) in [5.41, 5.74) is 1.11. The van der Waals surface area contributed by atoms with E-state index in [1.54, 1.807) is 0 Å². The first-order chi connectivity index (χ1) is 9.63. The van der Waals surface area contributed by atoms with Crippen LogP contribution in [0.5, 0.6) is 0 Å². The molecule has 0 saturated heterocycles. The van der Waals surface area contributed by atoms with Gasteiger partial charge < -0.3 is 20.5 Å². The molecule has 0 heterocycles. The summed E-state index contributed by atoms with van der Waals surface area (Å²) in [7, 11) is 0. The van der Waals surface area contributed by atoms with Gasteiger partial charge in [0.15, 0.2) is 0 Å². The summed E-state index contributed by atoms with van der Waals surface area (Å²) in [6.45, 7) is 5.27. The fourth-order valence-electron chi connectivity index (χ4n) is 1.56. The maximum absolute atomic E-state index is 11.5. The largest absolute Gasteiger partial charge is 0.396 e. The van der Waals surface area contributed by atoms with Crippen molar-refractivity contribution in [1.82, 2.24) is 10.6 Å². The maximum Gasteiger partial charge on any atom is 0.315 e. The zero-order valence-corrected chi connectivity index (χ0v) is 12.1. The van der Waals surface area contributed by atoms with Crippen LogP contribution in [0.2, 0.25) is 0 Å². The molecule has 0 radical (unpaired) electrons. The Labute approximate surface area is 120 Å². The molecule has 112 valence electrons. The van der Waals surface area contributed by atoms with Crippen molar-refractivity contribution in [2.45, 2.75) is 26.5 Å². The zero-order chi connectivity index (χ0) is 14.8. The van der Waals surface area contributed by atoms with Crippen molar-refractivity contribution in [1.29, 1.82) is 0 Å². The average molecular weight is 280 g/mol. The van der Waals surface area contributed by atoms with E-state index in [9.17, 15) is 4.79 Å². The molecule has 5 heteroatoms. The highest BCUT2D eigenvalue weighted by Crippen LogP contribution is 2.00. The second-order valence-electron chi connectivity index (χ2n) is 4.89. The Kier molecular flexibility index (Phi) is 7.69. The third kappa shape index (κ3) is 6.54. The van der Waals surface area contributed by atoms with Gasteiger partial charge in [-0.15, -0.1) is 0 Å². The van der Waals surface area contributed by atoms with Crippen LogP contribution in [0.15, 0.2) is 30.3 Å². The van der Waals surface area contributed by atoms with Crippen LogP contribution in [0, 0.1) is 5.92 Å². The fourth-order valence-corrected chi connectivity index (χ4v) is 1.56. The molecule has 20 heavy (non-hydrogen) atoms. The highest BCUT2D eigenvalue weighted by Gasteiger charge is 2.13. The highest BCUT2D eigenvalue weighted by molar-refractivity contribution is 5.74. The first-order valence-electron chi connectivity index (χ1n) is 6.90. The Hall–Kier alpha value is -1.59. The van der Waals surface area contributed by atoms with Gasteiger partial charge in [0.05, 0.1) is 13.2 Å². The second-order valence-corrected chi connectivity index (χ2v) is 4.89. The third-order valence-electron chi connectivity index (χ3n) is 3.14. The molecule has 0 bridgehead atoms. The van der Waals surface area contributed by atoms with Crippen LogP contribution in [0.4, 0.5) is 4.79 Å². The zero-order valence-electron chi connectivity index (χ0n) is 12.1. The summed E-state index contributed by atoms with van der Waals surface area (Å²) in [6, 6.07) is 9.59. The minimum atomic E-state index is -0.235. The van der Waals surface area contributed by atoms with Crippen molar-refractivity contribution < 1.29 is 14.6 Å². The normalized spacial score (nSPS) is 13.6. The third-order valence-corrected chi connectivity index (χ3v) is 3.14. The van der Waals surface area contributed by atoms with Crippen molar-refractivity contribution in [3.8, 4) is 0 Å². The van der Waals surface area contributed by atoms with E-state index < -0.39 is 0 Å². The van der Waals surface area contributed by atoms with Crippen molar-refractivity contribution in [3.63, 3.8) is 0 Å². The van der Waals surface area contributed by atoms with E-state index in [0.29, 0.717) is 19.8 Å². The molecule has 0 spiro atoms. The van der Waals surface area contributed by atoms with Gasteiger partial charge in [-0.2, -0.15) is 0 Å². The Balaban J connectivity index is 2.07. The SMILES string of the molecule is CC(CO)C(C)NC(=O)NCCOCc1ccccc1. The van der Waals surface area contributed by atoms with Crippen LogP contribution in [0.25, 0.3) is 0 Å². The molecule has 0 fully saturated rings. The number of urea groups is 1. The van der Waals surface area contributed by atoms with Gasteiger partial charge in [-0.1, -0.05) is 37.3 Å². The van der Waals surface area contributed by atoms with Gasteiger partial charge in [0.25, 0.3) is 0 Å². The van der Waals surface area contributed by atoms with Crippen LogP contribution in [0.1, 0.15) is 19.4 Å². The Morgan fingerprint density at radius 2 is 2.00 bits per heavy atom. The number of aliphatic hydroxyl groups is 1. The molecular weight excluding hydrogens is 256 g/mol. The number of nitrogens with one attached hydrogen (secondary N) is 2. The molecule has 0 aliphatic carbocycles. The number of aliphatic hydroxyl groups excluding tert-OH is 1. The maximum atomic E-state index is 11.5. The molecule has 2 atom stereocenters. The molecule has 3 N–H and O–H groups in total. The summed E-state index contributed by atoms with van der Waals surface area (Å²) in [4.78, 5) is 11.5. The molecule has 0 aliphatic heterocycles. The monoisotopic (exact) mass is 280 g/mol. The van der Waals surface area contributed by atoms with E-state index in [4.69, 9.17) is 9.84 Å². The number of hydrogen-bond donors (Lipinski definition) is 3. The summed E-state index contributed by atoms with van der Waals surface area (Å²) in [6.07, 6.45) is 0. The van der Waals surface area contributed by atoms with Crippen LogP contribution >= 0.6 is 0 Å². The lowest BCUT2D eigenvalue weighted by Gasteiger charge is -2.19. The predicted octanol–water partition coefficient (Wildman–Crippen LogP) is 1.52. The van der Waals surface area contributed by atoms with Crippen molar-refractivity contribution >= 4 is 6.03 Å². The average Bonchev–Trinajstić information content (AvgIpc) is 2.47. The van der Waals surface area contributed by atoms with Crippen LogP contribution in [-0.4, -0.2) is 36.9 Å². The molecule has 1 aromatic rings. The molecule has 0 aromatic heterocycles. The van der Waals surface area contributed by atoms with Crippen LogP contribution in [-0.2, 0) is 11.3 Å². The van der Waals surface area contributed by atoms with E-state index >= 15 is 0 Å². The summed E-state index contributed by atoms with van der Waals surface area (Å²) >= 11 is 0. The van der Waals surface area contributed by atoms with Gasteiger partial charge in [-0.3, -0.25) is 0 Å². The highest BCUT2D eigenvalue weighted by atomic mass is 16.5. The lowest BCUT2D eigenvalue weighted by atomic mass is 10.1. The number of benzene rings is 1. The van der Waals surface area contributed by atoms with E-state index in [0.717, 1.165) is 5.56 Å². The van der Waals surface area contributed by atoms with E-state index in [2.05, 4.69) is 10.6 Å². The number of amides is 2. The van der Waals surface area contributed by atoms with E-state index in [-0.39, 0.29) is 24.6 Å². The van der Waals surface area contributed by atoms with Gasteiger partial charge in [0, 0.05) is 19.2 Å². The lowest BCUT2D eigenvalue weighted by molar-refractivity contribution is 0.123. The van der Waals surface area contributed by atoms with E-state index in [1.807, 2.05) is 44.2 Å². The minimum Gasteiger partial charge on any atom is -0.396 e. The quantitative estimate of drug-likeness (QED) is 0.632.